The van der Waals surface area contributed by atoms with E-state index in [9.17, 15) is 0 Å². The Morgan fingerprint density at radius 1 is 1.17 bits per heavy atom. The van der Waals surface area contributed by atoms with Crippen LogP contribution in [0.25, 0.3) is 0 Å². The molecule has 0 heterocycles. The van der Waals surface area contributed by atoms with E-state index in [1.165, 1.54) is 0 Å². The summed E-state index contributed by atoms with van der Waals surface area (Å²) in [5.41, 5.74) is 0. The van der Waals surface area contributed by atoms with Gasteiger partial charge in [-0.15, -0.1) is 0 Å². The monoisotopic (exact) mass is 83.1 g/mol. The second-order valence-electron chi connectivity index (χ2n) is 2.32. The fourth-order valence-corrected chi connectivity index (χ4v) is 0.776. The molecule has 0 aromatic rings. The standard InChI is InChI=1S/C6H11/c1-4-5(2)6(4)3/h4-5H,1-3H3/q-1. The first-order chi connectivity index (χ1) is 2.73. The SMILES string of the molecule is C[C-]1C(C)C1C. The Bertz CT molecular complexity index is 36.8. The summed E-state index contributed by atoms with van der Waals surface area (Å²) in [6.07, 6.45) is 0. The fourth-order valence-electron chi connectivity index (χ4n) is 0.776. The van der Waals surface area contributed by atoms with Gasteiger partial charge >= 0.3 is 0 Å². The van der Waals surface area contributed by atoms with Gasteiger partial charge in [0.15, 0.2) is 0 Å². The zero-order valence-corrected chi connectivity index (χ0v) is 4.65. The first kappa shape index (κ1) is 4.17. The van der Waals surface area contributed by atoms with E-state index in [-0.39, 0.29) is 0 Å². The molecular weight excluding hydrogens is 72.1 g/mol. The Hall–Kier alpha value is 0. The van der Waals surface area contributed by atoms with Crippen molar-refractivity contribution in [3.63, 3.8) is 0 Å². The van der Waals surface area contributed by atoms with Crippen LogP contribution in [0.15, 0.2) is 0 Å². The average Bonchev–Trinajstić information content (AvgIpc) is 1.94. The molecule has 1 aliphatic rings. The maximum absolute atomic E-state index is 2.28. The molecule has 2 unspecified atom stereocenters. The van der Waals surface area contributed by atoms with E-state index in [4.69, 9.17) is 0 Å². The van der Waals surface area contributed by atoms with Gasteiger partial charge in [-0.3, -0.25) is 0 Å². The van der Waals surface area contributed by atoms with Gasteiger partial charge in [-0.2, -0.15) is 18.8 Å². The third-order valence-electron chi connectivity index (χ3n) is 2.08. The molecule has 0 radical (unpaired) electrons. The van der Waals surface area contributed by atoms with Crippen molar-refractivity contribution in [2.24, 2.45) is 11.8 Å². The maximum atomic E-state index is 2.28. The minimum Gasteiger partial charge on any atom is -0.315 e. The second kappa shape index (κ2) is 0.988. The predicted octanol–water partition coefficient (Wildman–Crippen LogP) is 1.87. The van der Waals surface area contributed by atoms with Crippen LogP contribution < -0.4 is 0 Å². The molecule has 0 saturated heterocycles. The first-order valence-corrected chi connectivity index (χ1v) is 2.57. The van der Waals surface area contributed by atoms with Gasteiger partial charge in [0.05, 0.1) is 0 Å². The lowest BCUT2D eigenvalue weighted by atomic mass is 10.4. The Kier molecular flexibility index (Phi) is 0.686. The van der Waals surface area contributed by atoms with Gasteiger partial charge in [-0.1, -0.05) is 13.8 Å². The van der Waals surface area contributed by atoms with Crippen LogP contribution >= 0.6 is 0 Å². The van der Waals surface area contributed by atoms with Gasteiger partial charge in [-0.05, 0) is 0 Å². The van der Waals surface area contributed by atoms with Crippen molar-refractivity contribution >= 4 is 0 Å². The highest BCUT2D eigenvalue weighted by molar-refractivity contribution is 5.14. The molecular formula is C6H11-. The molecule has 36 valence electrons. The number of hydrogen-bond donors (Lipinski definition) is 0. The number of hydrogen-bond acceptors (Lipinski definition) is 0. The Morgan fingerprint density at radius 3 is 1.33 bits per heavy atom. The van der Waals surface area contributed by atoms with Crippen molar-refractivity contribution in [1.82, 2.24) is 0 Å². The lowest BCUT2D eigenvalue weighted by Crippen LogP contribution is -1.58. The lowest BCUT2D eigenvalue weighted by Gasteiger charge is -1.86. The Morgan fingerprint density at radius 2 is 1.33 bits per heavy atom. The van der Waals surface area contributed by atoms with Crippen molar-refractivity contribution in [2.75, 3.05) is 0 Å². The van der Waals surface area contributed by atoms with Gasteiger partial charge in [0.2, 0.25) is 0 Å². The van der Waals surface area contributed by atoms with Crippen molar-refractivity contribution in [3.05, 3.63) is 5.92 Å². The molecule has 0 aromatic heterocycles. The molecule has 1 rings (SSSR count). The van der Waals surface area contributed by atoms with Gasteiger partial charge in [0, 0.05) is 0 Å². The summed E-state index contributed by atoms with van der Waals surface area (Å²) in [6.45, 7) is 6.79. The summed E-state index contributed by atoms with van der Waals surface area (Å²) in [7, 11) is 0. The average molecular weight is 83.2 g/mol. The van der Waals surface area contributed by atoms with E-state index in [0.29, 0.717) is 0 Å². The highest BCUT2D eigenvalue weighted by Crippen LogP contribution is 2.46. The molecule has 0 aromatic carbocycles. The minimum absolute atomic E-state index is 0.935. The summed E-state index contributed by atoms with van der Waals surface area (Å²) in [5, 5.41) is 0. The van der Waals surface area contributed by atoms with Gasteiger partial charge < -0.3 is 5.92 Å². The highest BCUT2D eigenvalue weighted by Gasteiger charge is 2.20. The van der Waals surface area contributed by atoms with Crippen molar-refractivity contribution in [1.29, 1.82) is 0 Å². The zero-order valence-electron chi connectivity index (χ0n) is 4.65. The molecule has 1 saturated carbocycles. The lowest BCUT2D eigenvalue weighted by molar-refractivity contribution is 0.834. The van der Waals surface area contributed by atoms with Crippen LogP contribution in [0.2, 0.25) is 0 Å². The third kappa shape index (κ3) is 0.360. The molecule has 0 aliphatic heterocycles. The van der Waals surface area contributed by atoms with E-state index >= 15 is 0 Å². The molecule has 1 fully saturated rings. The molecule has 2 atom stereocenters. The number of rotatable bonds is 0. The fraction of sp³-hybridized carbons (Fsp3) is 0.833. The molecule has 0 bridgehead atoms. The van der Waals surface area contributed by atoms with E-state index in [0.717, 1.165) is 11.8 Å². The quantitative estimate of drug-likeness (QED) is 0.392. The van der Waals surface area contributed by atoms with Crippen molar-refractivity contribution in [3.8, 4) is 0 Å². The molecule has 0 N–H and O–H groups in total. The van der Waals surface area contributed by atoms with Gasteiger partial charge in [0.25, 0.3) is 0 Å². The minimum atomic E-state index is 0.935. The largest absolute Gasteiger partial charge is 0.315 e. The summed E-state index contributed by atoms with van der Waals surface area (Å²) < 4.78 is 0. The van der Waals surface area contributed by atoms with Crippen LogP contribution in [0.4, 0.5) is 0 Å². The normalized spacial score (nSPS) is 46.5. The Balaban J connectivity index is 2.31. The van der Waals surface area contributed by atoms with E-state index in [1.54, 1.807) is 5.92 Å². The van der Waals surface area contributed by atoms with Crippen LogP contribution in [-0.2, 0) is 0 Å². The molecule has 6 heavy (non-hydrogen) atoms. The van der Waals surface area contributed by atoms with Crippen molar-refractivity contribution in [2.45, 2.75) is 20.8 Å². The summed E-state index contributed by atoms with van der Waals surface area (Å²) in [4.78, 5) is 0. The van der Waals surface area contributed by atoms with Gasteiger partial charge in [-0.25, -0.2) is 0 Å². The highest BCUT2D eigenvalue weighted by atomic mass is 14.4. The van der Waals surface area contributed by atoms with Crippen LogP contribution in [-0.4, -0.2) is 0 Å². The second-order valence-corrected chi connectivity index (χ2v) is 2.32. The van der Waals surface area contributed by atoms with Crippen LogP contribution in [0, 0.1) is 17.8 Å². The van der Waals surface area contributed by atoms with E-state index < -0.39 is 0 Å². The maximum Gasteiger partial charge on any atom is -0.0917 e. The topological polar surface area (TPSA) is 0 Å². The summed E-state index contributed by atoms with van der Waals surface area (Å²) in [6, 6.07) is 0. The zero-order chi connectivity index (χ0) is 4.73. The molecule has 0 nitrogen and oxygen atoms in total. The predicted molar refractivity (Wildman–Crippen MR) is 27.2 cm³/mol. The Labute approximate surface area is 39.6 Å². The molecule has 1 aliphatic carbocycles. The molecule has 0 amide bonds. The summed E-state index contributed by atoms with van der Waals surface area (Å²) >= 11 is 0. The smallest absolute Gasteiger partial charge is 0.0917 e. The van der Waals surface area contributed by atoms with Crippen LogP contribution in [0.1, 0.15) is 20.8 Å². The van der Waals surface area contributed by atoms with Crippen molar-refractivity contribution < 1.29 is 0 Å². The summed E-state index contributed by atoms with van der Waals surface area (Å²) in [5.74, 6) is 3.55. The molecule has 0 heteroatoms. The van der Waals surface area contributed by atoms with E-state index in [2.05, 4.69) is 20.8 Å². The first-order valence-electron chi connectivity index (χ1n) is 2.57. The van der Waals surface area contributed by atoms with Crippen LogP contribution in [0.5, 0.6) is 0 Å². The third-order valence-corrected chi connectivity index (χ3v) is 2.08. The van der Waals surface area contributed by atoms with E-state index in [1.807, 2.05) is 0 Å². The molecule has 0 spiro atoms. The van der Waals surface area contributed by atoms with Gasteiger partial charge in [0.1, 0.15) is 0 Å². The van der Waals surface area contributed by atoms with Crippen LogP contribution in [0.3, 0.4) is 0 Å².